The summed E-state index contributed by atoms with van der Waals surface area (Å²) >= 11 is 0. The SMILES string of the molecule is C.CS(=O)(=O)c1ccc(CN2CC[C@@H](Nc3ccc4cnccc4c3)C2)cc1.Cl. The highest BCUT2D eigenvalue weighted by molar-refractivity contribution is 7.90. The summed E-state index contributed by atoms with van der Waals surface area (Å²) in [5, 5.41) is 5.97. The number of sulfone groups is 1. The van der Waals surface area contributed by atoms with E-state index in [1.54, 1.807) is 12.1 Å². The van der Waals surface area contributed by atoms with Crippen LogP contribution in [0.15, 0.2) is 65.8 Å². The number of nitrogens with one attached hydrogen (secondary N) is 1. The molecular formula is C22H28ClN3O2S. The van der Waals surface area contributed by atoms with Gasteiger partial charge >= 0.3 is 0 Å². The summed E-state index contributed by atoms with van der Waals surface area (Å²) in [6.45, 7) is 2.84. The van der Waals surface area contributed by atoms with Crippen LogP contribution in [0.3, 0.4) is 0 Å². The average molecular weight is 434 g/mol. The second-order valence-electron chi connectivity index (χ2n) is 7.22. The normalized spacial score (nSPS) is 16.8. The van der Waals surface area contributed by atoms with Crippen molar-refractivity contribution >= 4 is 38.7 Å². The third-order valence-electron chi connectivity index (χ3n) is 5.04. The lowest BCUT2D eigenvalue weighted by Gasteiger charge is -2.18. The molecule has 1 saturated heterocycles. The Balaban J connectivity index is 0.00000150. The Morgan fingerprint density at radius 3 is 2.59 bits per heavy atom. The molecule has 2 heterocycles. The van der Waals surface area contributed by atoms with Gasteiger partial charge in [-0.25, -0.2) is 8.42 Å². The highest BCUT2D eigenvalue weighted by Gasteiger charge is 2.22. The van der Waals surface area contributed by atoms with Crippen molar-refractivity contribution in [2.24, 2.45) is 0 Å². The molecule has 1 aliphatic rings. The highest BCUT2D eigenvalue weighted by atomic mass is 35.5. The number of benzene rings is 2. The summed E-state index contributed by atoms with van der Waals surface area (Å²) in [7, 11) is -3.13. The highest BCUT2D eigenvalue weighted by Crippen LogP contribution is 2.22. The van der Waals surface area contributed by atoms with Crippen molar-refractivity contribution in [1.82, 2.24) is 9.88 Å². The van der Waals surface area contributed by atoms with Crippen molar-refractivity contribution in [2.75, 3.05) is 24.7 Å². The Kier molecular flexibility index (Phi) is 7.63. The summed E-state index contributed by atoms with van der Waals surface area (Å²) in [5.41, 5.74) is 2.28. The van der Waals surface area contributed by atoms with E-state index in [1.807, 2.05) is 30.6 Å². The molecule has 29 heavy (non-hydrogen) atoms. The molecule has 1 fully saturated rings. The summed E-state index contributed by atoms with van der Waals surface area (Å²) in [5.74, 6) is 0. The fourth-order valence-electron chi connectivity index (χ4n) is 3.60. The maximum Gasteiger partial charge on any atom is 0.175 e. The fourth-order valence-corrected chi connectivity index (χ4v) is 4.23. The molecule has 0 spiro atoms. The van der Waals surface area contributed by atoms with Gasteiger partial charge in [-0.2, -0.15) is 0 Å². The predicted octanol–water partition coefficient (Wildman–Crippen LogP) is 4.38. The number of nitrogens with zero attached hydrogens (tertiary/aromatic N) is 2. The topological polar surface area (TPSA) is 62.3 Å². The third-order valence-corrected chi connectivity index (χ3v) is 6.17. The number of likely N-dealkylation sites (tertiary alicyclic amines) is 1. The molecule has 2 aromatic carbocycles. The van der Waals surface area contributed by atoms with Crippen LogP contribution in [-0.2, 0) is 16.4 Å². The molecule has 1 aliphatic heterocycles. The molecule has 3 aromatic rings. The van der Waals surface area contributed by atoms with Gasteiger partial charge in [-0.05, 0) is 47.7 Å². The molecule has 1 N–H and O–H groups in total. The summed E-state index contributed by atoms with van der Waals surface area (Å²) in [6, 6.07) is 16.0. The quantitative estimate of drug-likeness (QED) is 0.646. The van der Waals surface area contributed by atoms with Crippen LogP contribution in [0.2, 0.25) is 0 Å². The van der Waals surface area contributed by atoms with Gasteiger partial charge in [-0.15, -0.1) is 12.4 Å². The van der Waals surface area contributed by atoms with Crippen LogP contribution in [-0.4, -0.2) is 43.7 Å². The van der Waals surface area contributed by atoms with Crippen LogP contribution in [0.1, 0.15) is 19.4 Å². The monoisotopic (exact) mass is 433 g/mol. The summed E-state index contributed by atoms with van der Waals surface area (Å²) in [6.07, 6.45) is 6.03. The molecule has 7 heteroatoms. The lowest BCUT2D eigenvalue weighted by atomic mass is 10.1. The van der Waals surface area contributed by atoms with Gasteiger partial charge in [0, 0.05) is 55.4 Å². The minimum absolute atomic E-state index is 0. The molecule has 1 aromatic heterocycles. The van der Waals surface area contributed by atoms with E-state index in [9.17, 15) is 8.42 Å². The first kappa shape index (κ1) is 23.1. The van der Waals surface area contributed by atoms with Gasteiger partial charge in [-0.1, -0.05) is 25.6 Å². The zero-order chi connectivity index (χ0) is 18.9. The fraction of sp³-hybridized carbons (Fsp3) is 0.318. The Labute approximate surface area is 179 Å². The lowest BCUT2D eigenvalue weighted by Crippen LogP contribution is -2.25. The second kappa shape index (κ2) is 9.57. The van der Waals surface area contributed by atoms with Crippen LogP contribution in [0, 0.1) is 0 Å². The number of pyridine rings is 1. The van der Waals surface area contributed by atoms with Crippen molar-refractivity contribution in [3.63, 3.8) is 0 Å². The maximum absolute atomic E-state index is 11.6. The van der Waals surface area contributed by atoms with Gasteiger partial charge in [0.2, 0.25) is 0 Å². The van der Waals surface area contributed by atoms with E-state index in [1.165, 1.54) is 11.6 Å². The average Bonchev–Trinajstić information content (AvgIpc) is 3.08. The summed E-state index contributed by atoms with van der Waals surface area (Å²) in [4.78, 5) is 6.93. The smallest absolute Gasteiger partial charge is 0.175 e. The Morgan fingerprint density at radius 2 is 1.86 bits per heavy atom. The van der Waals surface area contributed by atoms with E-state index in [2.05, 4.69) is 33.4 Å². The molecule has 4 rings (SSSR count). The molecule has 0 bridgehead atoms. The molecule has 0 radical (unpaired) electrons. The van der Waals surface area contributed by atoms with Crippen LogP contribution in [0.25, 0.3) is 10.8 Å². The van der Waals surface area contributed by atoms with E-state index in [0.717, 1.165) is 42.7 Å². The van der Waals surface area contributed by atoms with E-state index in [-0.39, 0.29) is 19.8 Å². The number of halogens is 1. The first-order valence-electron chi connectivity index (χ1n) is 9.09. The molecule has 0 amide bonds. The van der Waals surface area contributed by atoms with Crippen molar-refractivity contribution in [3.8, 4) is 0 Å². The zero-order valence-electron chi connectivity index (χ0n) is 15.7. The van der Waals surface area contributed by atoms with Crippen LogP contribution >= 0.6 is 12.4 Å². The van der Waals surface area contributed by atoms with Gasteiger partial charge in [0.25, 0.3) is 0 Å². The molecule has 5 nitrogen and oxygen atoms in total. The Morgan fingerprint density at radius 1 is 1.10 bits per heavy atom. The van der Waals surface area contributed by atoms with Crippen molar-refractivity contribution < 1.29 is 8.42 Å². The summed E-state index contributed by atoms with van der Waals surface area (Å²) < 4.78 is 23.1. The Hall–Kier alpha value is -2.15. The lowest BCUT2D eigenvalue weighted by molar-refractivity contribution is 0.328. The van der Waals surface area contributed by atoms with E-state index in [0.29, 0.717) is 10.9 Å². The molecular weight excluding hydrogens is 406 g/mol. The van der Waals surface area contributed by atoms with E-state index in [4.69, 9.17) is 0 Å². The number of hydrogen-bond donors (Lipinski definition) is 1. The minimum Gasteiger partial charge on any atom is -0.381 e. The molecule has 0 unspecified atom stereocenters. The minimum atomic E-state index is -3.13. The number of aromatic nitrogens is 1. The first-order valence-corrected chi connectivity index (χ1v) is 11.0. The molecule has 0 saturated carbocycles. The van der Waals surface area contributed by atoms with Gasteiger partial charge in [0.15, 0.2) is 9.84 Å². The standard InChI is InChI=1S/C21H23N3O2S.CH4.ClH/c1-27(25,26)21-6-2-16(3-7-21)14-24-11-9-20(15-24)23-19-5-4-18-13-22-10-8-17(18)12-19;;/h2-8,10,12-13,20,23H,9,11,14-15H2,1H3;1H4;1H/t20-;;/m1../s1. The van der Waals surface area contributed by atoms with Crippen molar-refractivity contribution in [2.45, 2.75) is 31.3 Å². The van der Waals surface area contributed by atoms with Crippen LogP contribution in [0.4, 0.5) is 5.69 Å². The van der Waals surface area contributed by atoms with Crippen LogP contribution in [0.5, 0.6) is 0 Å². The largest absolute Gasteiger partial charge is 0.381 e. The van der Waals surface area contributed by atoms with Crippen LogP contribution < -0.4 is 5.32 Å². The number of fused-ring (bicyclic) bond motifs is 1. The van der Waals surface area contributed by atoms with Gasteiger partial charge in [-0.3, -0.25) is 9.88 Å². The van der Waals surface area contributed by atoms with Gasteiger partial charge < -0.3 is 5.32 Å². The van der Waals surface area contributed by atoms with Gasteiger partial charge in [0.05, 0.1) is 4.90 Å². The predicted molar refractivity (Wildman–Crippen MR) is 123 cm³/mol. The van der Waals surface area contributed by atoms with Crippen molar-refractivity contribution in [3.05, 3.63) is 66.5 Å². The molecule has 1 atom stereocenters. The van der Waals surface area contributed by atoms with E-state index < -0.39 is 9.84 Å². The second-order valence-corrected chi connectivity index (χ2v) is 9.23. The number of anilines is 1. The number of hydrogen-bond acceptors (Lipinski definition) is 5. The number of rotatable bonds is 5. The molecule has 0 aliphatic carbocycles. The Bertz CT molecular complexity index is 1060. The zero-order valence-corrected chi connectivity index (χ0v) is 17.3. The first-order chi connectivity index (χ1) is 13.0. The third kappa shape index (κ3) is 5.69. The van der Waals surface area contributed by atoms with E-state index >= 15 is 0 Å². The maximum atomic E-state index is 11.6. The van der Waals surface area contributed by atoms with Crippen molar-refractivity contribution in [1.29, 1.82) is 0 Å². The molecule has 156 valence electrons. The van der Waals surface area contributed by atoms with Gasteiger partial charge in [0.1, 0.15) is 0 Å².